The number of aliphatic imine (C=N–C) groups is 1. The van der Waals surface area contributed by atoms with E-state index in [1.54, 1.807) is 13.1 Å². The molecular weight excluding hydrogens is 480 g/mol. The molecule has 2 N–H and O–H groups in total. The van der Waals surface area contributed by atoms with Crippen LogP contribution in [0.4, 0.5) is 10.2 Å². The van der Waals surface area contributed by atoms with Gasteiger partial charge in [0.15, 0.2) is 5.96 Å². The maximum atomic E-state index is 14.0. The van der Waals surface area contributed by atoms with Crippen LogP contribution in [0.1, 0.15) is 36.3 Å². The van der Waals surface area contributed by atoms with Gasteiger partial charge in [-0.05, 0) is 49.4 Å². The highest BCUT2D eigenvalue weighted by Crippen LogP contribution is 2.41. The third-order valence-electron chi connectivity index (χ3n) is 5.70. The van der Waals surface area contributed by atoms with E-state index in [0.717, 1.165) is 49.7 Å². The van der Waals surface area contributed by atoms with Crippen LogP contribution >= 0.6 is 24.0 Å². The van der Waals surface area contributed by atoms with Gasteiger partial charge < -0.3 is 15.5 Å². The van der Waals surface area contributed by atoms with Crippen LogP contribution in [0.25, 0.3) is 0 Å². The number of hydrogen-bond donors (Lipinski definition) is 2. The van der Waals surface area contributed by atoms with Gasteiger partial charge in [-0.15, -0.1) is 24.0 Å². The van der Waals surface area contributed by atoms with Crippen molar-refractivity contribution in [3.05, 3.63) is 59.5 Å². The van der Waals surface area contributed by atoms with Gasteiger partial charge in [0.25, 0.3) is 0 Å². The number of aryl methyl sites for hydroxylation is 1. The molecule has 2 unspecified atom stereocenters. The summed E-state index contributed by atoms with van der Waals surface area (Å²) in [6.45, 7) is 4.01. The van der Waals surface area contributed by atoms with Gasteiger partial charge in [-0.2, -0.15) is 0 Å². The zero-order valence-corrected chi connectivity index (χ0v) is 19.3. The molecule has 5 nitrogen and oxygen atoms in total. The van der Waals surface area contributed by atoms with E-state index >= 15 is 0 Å². The second kappa shape index (κ2) is 9.73. The summed E-state index contributed by atoms with van der Waals surface area (Å²) in [5.74, 6) is 1.99. The summed E-state index contributed by atoms with van der Waals surface area (Å²) in [5.41, 5.74) is 1.98. The molecule has 29 heavy (non-hydrogen) atoms. The molecule has 0 spiro atoms. The van der Waals surface area contributed by atoms with Crippen LogP contribution < -0.4 is 15.5 Å². The lowest BCUT2D eigenvalue weighted by atomic mass is 10.1. The predicted octanol–water partition coefficient (Wildman–Crippen LogP) is 3.84. The molecule has 0 radical (unpaired) electrons. The van der Waals surface area contributed by atoms with Crippen LogP contribution in [-0.2, 0) is 0 Å². The molecule has 2 atom stereocenters. The topological polar surface area (TPSA) is 52.6 Å². The number of halogens is 2. The Morgan fingerprint density at radius 3 is 2.55 bits per heavy atom. The number of piperidine rings is 1. The van der Waals surface area contributed by atoms with Crippen molar-refractivity contribution in [2.75, 3.05) is 25.0 Å². The summed E-state index contributed by atoms with van der Waals surface area (Å²) in [4.78, 5) is 11.2. The SMILES string of the molecule is CN=C(NC1CCN(c2ccc(C)cn2)CC1)NC1CC1c1ccccc1F.I. The third kappa shape index (κ3) is 5.38. The Labute approximate surface area is 189 Å². The highest BCUT2D eigenvalue weighted by molar-refractivity contribution is 14.0. The maximum Gasteiger partial charge on any atom is 0.191 e. The first-order valence-corrected chi connectivity index (χ1v) is 10.1. The number of hydrogen-bond acceptors (Lipinski definition) is 3. The Kier molecular flexibility index (Phi) is 7.32. The van der Waals surface area contributed by atoms with E-state index in [0.29, 0.717) is 6.04 Å². The van der Waals surface area contributed by atoms with Gasteiger partial charge in [-0.1, -0.05) is 24.3 Å². The molecule has 0 amide bonds. The number of anilines is 1. The van der Waals surface area contributed by atoms with Crippen molar-refractivity contribution in [3.63, 3.8) is 0 Å². The monoisotopic (exact) mass is 509 g/mol. The fourth-order valence-electron chi connectivity index (χ4n) is 3.91. The number of rotatable bonds is 4. The van der Waals surface area contributed by atoms with Crippen LogP contribution in [-0.4, -0.2) is 43.2 Å². The highest BCUT2D eigenvalue weighted by atomic mass is 127. The van der Waals surface area contributed by atoms with Gasteiger partial charge in [0.05, 0.1) is 0 Å². The van der Waals surface area contributed by atoms with E-state index < -0.39 is 0 Å². The van der Waals surface area contributed by atoms with Gasteiger partial charge in [-0.25, -0.2) is 9.37 Å². The van der Waals surface area contributed by atoms with Gasteiger partial charge in [-0.3, -0.25) is 4.99 Å². The fourth-order valence-corrected chi connectivity index (χ4v) is 3.91. The van der Waals surface area contributed by atoms with Gasteiger partial charge in [0.1, 0.15) is 11.6 Å². The number of benzene rings is 1. The van der Waals surface area contributed by atoms with Crippen LogP contribution in [0.3, 0.4) is 0 Å². The van der Waals surface area contributed by atoms with Crippen LogP contribution in [0.2, 0.25) is 0 Å². The first-order chi connectivity index (χ1) is 13.6. The first kappa shape index (κ1) is 21.8. The molecule has 2 heterocycles. The summed E-state index contributed by atoms with van der Waals surface area (Å²) in [6, 6.07) is 11.9. The standard InChI is InChI=1S/C22H28FN5.HI/c1-15-7-8-21(25-14-15)28-11-9-16(10-12-28)26-22(24-2)27-20-13-18(20)17-5-3-4-6-19(17)23;/h3-8,14,16,18,20H,9-13H2,1-2H3,(H2,24,26,27);1H. The Morgan fingerprint density at radius 1 is 1.14 bits per heavy atom. The van der Waals surface area contributed by atoms with Gasteiger partial charge >= 0.3 is 0 Å². The largest absolute Gasteiger partial charge is 0.356 e. The Balaban J connectivity index is 0.00000240. The molecule has 1 aromatic carbocycles. The van der Waals surface area contributed by atoms with Gasteiger partial charge in [0.2, 0.25) is 0 Å². The molecule has 4 rings (SSSR count). The lowest BCUT2D eigenvalue weighted by Gasteiger charge is -2.33. The average molecular weight is 509 g/mol. The molecule has 1 saturated heterocycles. The number of aromatic nitrogens is 1. The van der Waals surface area contributed by atoms with E-state index in [9.17, 15) is 4.39 Å². The predicted molar refractivity (Wildman–Crippen MR) is 127 cm³/mol. The number of guanidine groups is 1. The quantitative estimate of drug-likeness (QED) is 0.374. The minimum absolute atomic E-state index is 0. The summed E-state index contributed by atoms with van der Waals surface area (Å²) < 4.78 is 14.0. The molecule has 2 fully saturated rings. The van der Waals surface area contributed by atoms with Crippen LogP contribution in [0.15, 0.2) is 47.6 Å². The van der Waals surface area contributed by atoms with Crippen molar-refractivity contribution in [2.24, 2.45) is 4.99 Å². The second-order valence-corrected chi connectivity index (χ2v) is 7.79. The lowest BCUT2D eigenvalue weighted by Crippen LogP contribution is -2.49. The Morgan fingerprint density at radius 2 is 1.90 bits per heavy atom. The fraction of sp³-hybridized carbons (Fsp3) is 0.455. The van der Waals surface area contributed by atoms with E-state index in [1.807, 2.05) is 18.3 Å². The molecular formula is C22H29FIN5. The minimum Gasteiger partial charge on any atom is -0.356 e. The van der Waals surface area contributed by atoms with E-state index in [4.69, 9.17) is 0 Å². The van der Waals surface area contributed by atoms with Crippen molar-refractivity contribution in [1.29, 1.82) is 0 Å². The molecule has 7 heteroatoms. The summed E-state index contributed by atoms with van der Waals surface area (Å²) in [5, 5.41) is 7.00. The lowest BCUT2D eigenvalue weighted by molar-refractivity contribution is 0.459. The number of nitrogens with zero attached hydrogens (tertiary/aromatic N) is 3. The molecule has 1 aromatic heterocycles. The van der Waals surface area contributed by atoms with E-state index in [-0.39, 0.29) is 41.8 Å². The van der Waals surface area contributed by atoms with E-state index in [2.05, 4.69) is 44.6 Å². The summed E-state index contributed by atoms with van der Waals surface area (Å²) in [6.07, 6.45) is 4.95. The van der Waals surface area contributed by atoms with Crippen molar-refractivity contribution < 1.29 is 4.39 Å². The average Bonchev–Trinajstić information content (AvgIpc) is 3.48. The molecule has 156 valence electrons. The Hall–Kier alpha value is -1.90. The van der Waals surface area contributed by atoms with Gasteiger partial charge in [0, 0.05) is 44.3 Å². The van der Waals surface area contributed by atoms with Crippen LogP contribution in [0, 0.1) is 12.7 Å². The molecule has 1 saturated carbocycles. The van der Waals surface area contributed by atoms with Crippen molar-refractivity contribution in [2.45, 2.75) is 44.2 Å². The van der Waals surface area contributed by atoms with Crippen molar-refractivity contribution in [3.8, 4) is 0 Å². The van der Waals surface area contributed by atoms with Crippen molar-refractivity contribution in [1.82, 2.24) is 15.6 Å². The Bertz CT molecular complexity index is 833. The maximum absolute atomic E-state index is 14.0. The zero-order valence-electron chi connectivity index (χ0n) is 16.9. The smallest absolute Gasteiger partial charge is 0.191 e. The van der Waals surface area contributed by atoms with Crippen molar-refractivity contribution >= 4 is 35.8 Å². The molecule has 0 bridgehead atoms. The van der Waals surface area contributed by atoms with Crippen LogP contribution in [0.5, 0.6) is 0 Å². The number of pyridine rings is 1. The molecule has 1 aliphatic heterocycles. The van der Waals surface area contributed by atoms with E-state index in [1.165, 1.54) is 11.6 Å². The number of nitrogens with one attached hydrogen (secondary N) is 2. The first-order valence-electron chi connectivity index (χ1n) is 10.1. The normalized spacial score (nSPS) is 22.0. The third-order valence-corrected chi connectivity index (χ3v) is 5.70. The second-order valence-electron chi connectivity index (χ2n) is 7.79. The summed E-state index contributed by atoms with van der Waals surface area (Å²) >= 11 is 0. The molecule has 1 aliphatic carbocycles. The summed E-state index contributed by atoms with van der Waals surface area (Å²) in [7, 11) is 1.79. The molecule has 2 aromatic rings. The minimum atomic E-state index is -0.114. The zero-order chi connectivity index (χ0) is 19.5. The molecule has 2 aliphatic rings. The highest BCUT2D eigenvalue weighted by Gasteiger charge is 2.40.